The molecule has 0 aliphatic rings. The zero-order valence-electron chi connectivity index (χ0n) is 9.12. The molecule has 1 aromatic rings. The molecule has 0 amide bonds. The van der Waals surface area contributed by atoms with Gasteiger partial charge in [-0.2, -0.15) is 0 Å². The molecule has 1 atom stereocenters. The van der Waals surface area contributed by atoms with E-state index in [1.54, 1.807) is 0 Å². The summed E-state index contributed by atoms with van der Waals surface area (Å²) in [5, 5.41) is 10.0. The van der Waals surface area contributed by atoms with Gasteiger partial charge < -0.3 is 5.11 Å². The summed E-state index contributed by atoms with van der Waals surface area (Å²) < 4.78 is 0. The molecule has 1 nitrogen and oxygen atoms in total. The number of aliphatic hydroxyl groups is 1. The van der Waals surface area contributed by atoms with Crippen molar-refractivity contribution in [3.8, 4) is 0 Å². The number of aliphatic hydroxyl groups excluding tert-OH is 1. The SMILES string of the molecule is C=C(C)C(O)C(C)(C)c1ccccc1. The van der Waals surface area contributed by atoms with Crippen LogP contribution in [0, 0.1) is 0 Å². The fourth-order valence-corrected chi connectivity index (χ4v) is 1.64. The van der Waals surface area contributed by atoms with Crippen molar-refractivity contribution in [1.29, 1.82) is 0 Å². The summed E-state index contributed by atoms with van der Waals surface area (Å²) in [4.78, 5) is 0. The van der Waals surface area contributed by atoms with Crippen LogP contribution in [-0.2, 0) is 5.41 Å². The number of rotatable bonds is 3. The Morgan fingerprint density at radius 2 is 1.79 bits per heavy atom. The van der Waals surface area contributed by atoms with E-state index in [1.165, 1.54) is 0 Å². The maximum Gasteiger partial charge on any atom is 0.0836 e. The van der Waals surface area contributed by atoms with Gasteiger partial charge in [0.1, 0.15) is 0 Å². The van der Waals surface area contributed by atoms with Crippen LogP contribution in [0.25, 0.3) is 0 Å². The monoisotopic (exact) mass is 190 g/mol. The molecule has 1 unspecified atom stereocenters. The summed E-state index contributed by atoms with van der Waals surface area (Å²) in [6.45, 7) is 9.71. The van der Waals surface area contributed by atoms with Gasteiger partial charge in [-0.3, -0.25) is 0 Å². The molecule has 0 radical (unpaired) electrons. The van der Waals surface area contributed by atoms with Gasteiger partial charge in [-0.15, -0.1) is 0 Å². The first-order chi connectivity index (χ1) is 6.46. The lowest BCUT2D eigenvalue weighted by molar-refractivity contribution is 0.134. The molecule has 0 aromatic heterocycles. The zero-order chi connectivity index (χ0) is 10.8. The highest BCUT2D eigenvalue weighted by Crippen LogP contribution is 2.29. The van der Waals surface area contributed by atoms with Crippen molar-refractivity contribution in [2.45, 2.75) is 32.3 Å². The normalized spacial score (nSPS) is 13.7. The van der Waals surface area contributed by atoms with E-state index in [0.29, 0.717) is 0 Å². The molecular weight excluding hydrogens is 172 g/mol. The van der Waals surface area contributed by atoms with E-state index in [2.05, 4.69) is 6.58 Å². The van der Waals surface area contributed by atoms with E-state index >= 15 is 0 Å². The van der Waals surface area contributed by atoms with Gasteiger partial charge in [0.2, 0.25) is 0 Å². The van der Waals surface area contributed by atoms with Gasteiger partial charge in [0.25, 0.3) is 0 Å². The summed E-state index contributed by atoms with van der Waals surface area (Å²) in [5.41, 5.74) is 1.67. The Kier molecular flexibility index (Phi) is 3.12. The highest BCUT2D eigenvalue weighted by atomic mass is 16.3. The molecule has 0 aliphatic heterocycles. The Hall–Kier alpha value is -1.08. The van der Waals surface area contributed by atoms with Crippen LogP contribution in [-0.4, -0.2) is 11.2 Å². The van der Waals surface area contributed by atoms with Gasteiger partial charge in [0.15, 0.2) is 0 Å². The Balaban J connectivity index is 3.02. The Labute approximate surface area is 86.1 Å². The summed E-state index contributed by atoms with van der Waals surface area (Å²) in [6, 6.07) is 10.0. The minimum absolute atomic E-state index is 0.271. The van der Waals surface area contributed by atoms with Crippen molar-refractivity contribution in [2.75, 3.05) is 0 Å². The first-order valence-electron chi connectivity index (χ1n) is 4.85. The van der Waals surface area contributed by atoms with Gasteiger partial charge in [-0.05, 0) is 12.5 Å². The summed E-state index contributed by atoms with van der Waals surface area (Å²) in [5.74, 6) is 0. The van der Waals surface area contributed by atoms with E-state index in [1.807, 2.05) is 51.1 Å². The van der Waals surface area contributed by atoms with Crippen molar-refractivity contribution < 1.29 is 5.11 Å². The van der Waals surface area contributed by atoms with Gasteiger partial charge in [-0.25, -0.2) is 0 Å². The molecule has 0 heterocycles. The van der Waals surface area contributed by atoms with Crippen molar-refractivity contribution >= 4 is 0 Å². The fourth-order valence-electron chi connectivity index (χ4n) is 1.64. The maximum absolute atomic E-state index is 10.0. The number of benzene rings is 1. The van der Waals surface area contributed by atoms with Crippen LogP contribution < -0.4 is 0 Å². The van der Waals surface area contributed by atoms with Crippen LogP contribution in [0.3, 0.4) is 0 Å². The molecule has 0 fully saturated rings. The average Bonchev–Trinajstić information content (AvgIpc) is 2.18. The third-order valence-electron chi connectivity index (χ3n) is 2.67. The smallest absolute Gasteiger partial charge is 0.0836 e. The van der Waals surface area contributed by atoms with Crippen molar-refractivity contribution in [3.05, 3.63) is 48.0 Å². The zero-order valence-corrected chi connectivity index (χ0v) is 9.12. The predicted octanol–water partition coefficient (Wildman–Crippen LogP) is 2.90. The first-order valence-corrected chi connectivity index (χ1v) is 4.85. The average molecular weight is 190 g/mol. The van der Waals surface area contributed by atoms with Crippen LogP contribution >= 0.6 is 0 Å². The van der Waals surface area contributed by atoms with Gasteiger partial charge in [0, 0.05) is 5.41 Å². The Morgan fingerprint density at radius 1 is 1.29 bits per heavy atom. The maximum atomic E-state index is 10.0. The Morgan fingerprint density at radius 3 is 2.21 bits per heavy atom. The summed E-state index contributed by atoms with van der Waals surface area (Å²) in [6.07, 6.45) is -0.495. The van der Waals surface area contributed by atoms with Gasteiger partial charge >= 0.3 is 0 Å². The standard InChI is InChI=1S/C13H18O/c1-10(2)12(14)13(3,4)11-8-6-5-7-9-11/h5-9,12,14H,1H2,2-4H3. The van der Waals surface area contributed by atoms with Gasteiger partial charge in [-0.1, -0.05) is 56.3 Å². The van der Waals surface area contributed by atoms with E-state index in [9.17, 15) is 5.11 Å². The van der Waals surface area contributed by atoms with Crippen molar-refractivity contribution in [3.63, 3.8) is 0 Å². The lowest BCUT2D eigenvalue weighted by atomic mass is 9.77. The lowest BCUT2D eigenvalue weighted by Gasteiger charge is -2.31. The van der Waals surface area contributed by atoms with Gasteiger partial charge in [0.05, 0.1) is 6.10 Å². The third-order valence-corrected chi connectivity index (χ3v) is 2.67. The van der Waals surface area contributed by atoms with Crippen LogP contribution in [0.5, 0.6) is 0 Å². The Bertz CT molecular complexity index is 311. The first kappa shape index (κ1) is 11.0. The largest absolute Gasteiger partial charge is 0.388 e. The molecule has 1 aromatic carbocycles. The predicted molar refractivity (Wildman–Crippen MR) is 60.3 cm³/mol. The molecule has 0 saturated heterocycles. The molecule has 76 valence electrons. The number of hydrogen-bond donors (Lipinski definition) is 1. The molecule has 1 N–H and O–H groups in total. The topological polar surface area (TPSA) is 20.2 Å². The van der Waals surface area contributed by atoms with Crippen LogP contribution in [0.1, 0.15) is 26.3 Å². The van der Waals surface area contributed by atoms with Crippen molar-refractivity contribution in [2.24, 2.45) is 0 Å². The van der Waals surface area contributed by atoms with Crippen molar-refractivity contribution in [1.82, 2.24) is 0 Å². The van der Waals surface area contributed by atoms with E-state index in [-0.39, 0.29) is 5.41 Å². The third kappa shape index (κ3) is 2.05. The molecule has 0 spiro atoms. The second kappa shape index (κ2) is 3.97. The second-order valence-electron chi connectivity index (χ2n) is 4.34. The highest BCUT2D eigenvalue weighted by molar-refractivity contribution is 5.28. The van der Waals surface area contributed by atoms with E-state index < -0.39 is 6.10 Å². The summed E-state index contributed by atoms with van der Waals surface area (Å²) >= 11 is 0. The fraction of sp³-hybridized carbons (Fsp3) is 0.385. The molecule has 1 rings (SSSR count). The quantitative estimate of drug-likeness (QED) is 0.727. The minimum Gasteiger partial charge on any atom is -0.388 e. The van der Waals surface area contributed by atoms with E-state index in [0.717, 1.165) is 11.1 Å². The van der Waals surface area contributed by atoms with Crippen LogP contribution in [0.2, 0.25) is 0 Å². The van der Waals surface area contributed by atoms with Crippen LogP contribution in [0.4, 0.5) is 0 Å². The molecule has 14 heavy (non-hydrogen) atoms. The number of hydrogen-bond acceptors (Lipinski definition) is 1. The molecular formula is C13H18O. The summed E-state index contributed by atoms with van der Waals surface area (Å²) in [7, 11) is 0. The second-order valence-corrected chi connectivity index (χ2v) is 4.34. The van der Waals surface area contributed by atoms with E-state index in [4.69, 9.17) is 0 Å². The molecule has 0 bridgehead atoms. The molecule has 0 aliphatic carbocycles. The molecule has 0 saturated carbocycles. The lowest BCUT2D eigenvalue weighted by Crippen LogP contribution is -2.34. The minimum atomic E-state index is -0.495. The highest BCUT2D eigenvalue weighted by Gasteiger charge is 2.29. The molecule has 1 heteroatoms. The van der Waals surface area contributed by atoms with Crippen LogP contribution in [0.15, 0.2) is 42.5 Å².